The van der Waals surface area contributed by atoms with Gasteiger partial charge in [-0.3, -0.25) is 0 Å². The predicted molar refractivity (Wildman–Crippen MR) is 90.5 cm³/mol. The Balaban J connectivity index is 1.69. The maximum atomic E-state index is 9.99. The molecule has 4 rings (SSSR count). The number of benzene rings is 2. The van der Waals surface area contributed by atoms with Gasteiger partial charge in [0.05, 0.1) is 5.25 Å². The minimum atomic E-state index is -0.0906. The highest BCUT2D eigenvalue weighted by molar-refractivity contribution is 8.00. The number of hydrogen-bond donors (Lipinski definition) is 2. The summed E-state index contributed by atoms with van der Waals surface area (Å²) in [4.78, 5) is 0. The molecule has 0 spiro atoms. The van der Waals surface area contributed by atoms with E-state index < -0.39 is 0 Å². The van der Waals surface area contributed by atoms with E-state index in [9.17, 15) is 5.11 Å². The second kappa shape index (κ2) is 5.44. The van der Waals surface area contributed by atoms with Crippen LogP contribution in [0.5, 0.6) is 5.75 Å². The van der Waals surface area contributed by atoms with Gasteiger partial charge in [0, 0.05) is 23.0 Å². The maximum Gasteiger partial charge on any atom is 0.213 e. The highest BCUT2D eigenvalue weighted by atomic mass is 32.2. The smallest absolute Gasteiger partial charge is 0.213 e. The van der Waals surface area contributed by atoms with E-state index in [1.807, 2.05) is 36.4 Å². The van der Waals surface area contributed by atoms with Crippen LogP contribution in [0.15, 0.2) is 58.8 Å². The normalized spacial score (nSPS) is 16.3. The Morgan fingerprint density at radius 2 is 1.83 bits per heavy atom. The molecule has 1 aromatic heterocycles. The van der Waals surface area contributed by atoms with Crippen LogP contribution in [0.3, 0.4) is 0 Å². The van der Waals surface area contributed by atoms with Crippen molar-refractivity contribution in [2.45, 2.75) is 10.4 Å². The van der Waals surface area contributed by atoms with Crippen molar-refractivity contribution in [1.29, 1.82) is 0 Å². The molecule has 23 heavy (non-hydrogen) atoms. The van der Waals surface area contributed by atoms with Crippen molar-refractivity contribution in [2.75, 3.05) is 5.73 Å². The van der Waals surface area contributed by atoms with E-state index in [0.717, 1.165) is 11.1 Å². The van der Waals surface area contributed by atoms with Crippen molar-refractivity contribution >= 4 is 23.7 Å². The highest BCUT2D eigenvalue weighted by Gasteiger charge is 2.24. The third kappa shape index (κ3) is 2.44. The van der Waals surface area contributed by atoms with Gasteiger partial charge in [-0.25, -0.2) is 0 Å². The quantitative estimate of drug-likeness (QED) is 0.708. The van der Waals surface area contributed by atoms with Crippen LogP contribution < -0.4 is 5.73 Å². The Bertz CT molecular complexity index is 888. The molecule has 3 aromatic rings. The van der Waals surface area contributed by atoms with Crippen molar-refractivity contribution in [3.05, 3.63) is 54.1 Å². The van der Waals surface area contributed by atoms with Crippen molar-refractivity contribution < 1.29 is 5.11 Å². The summed E-state index contributed by atoms with van der Waals surface area (Å²) in [6, 6.07) is 14.7. The number of anilines is 1. The molecular weight excluding hydrogens is 310 g/mol. The van der Waals surface area contributed by atoms with Gasteiger partial charge in [-0.2, -0.15) is 9.78 Å². The summed E-state index contributed by atoms with van der Waals surface area (Å²) in [6.07, 6.45) is 1.79. The van der Waals surface area contributed by atoms with Crippen LogP contribution in [0.25, 0.3) is 11.4 Å². The number of rotatable bonds is 2. The van der Waals surface area contributed by atoms with Crippen LogP contribution in [0.2, 0.25) is 0 Å². The molecule has 2 aromatic carbocycles. The van der Waals surface area contributed by atoms with Crippen molar-refractivity contribution in [1.82, 2.24) is 14.9 Å². The van der Waals surface area contributed by atoms with E-state index in [4.69, 9.17) is 5.73 Å². The second-order valence-corrected chi connectivity index (χ2v) is 6.21. The van der Waals surface area contributed by atoms with Crippen molar-refractivity contribution in [3.63, 3.8) is 0 Å². The zero-order valence-corrected chi connectivity index (χ0v) is 12.8. The Morgan fingerprint density at radius 3 is 2.61 bits per heavy atom. The first-order valence-electron chi connectivity index (χ1n) is 7.03. The monoisotopic (exact) mass is 323 g/mol. The van der Waals surface area contributed by atoms with Gasteiger partial charge in [-0.05, 0) is 30.3 Å². The molecule has 0 amide bonds. The lowest BCUT2D eigenvalue weighted by atomic mass is 10.1. The average Bonchev–Trinajstić information content (AvgIpc) is 2.99. The molecule has 0 aliphatic carbocycles. The number of phenols is 1. The summed E-state index contributed by atoms with van der Waals surface area (Å²) < 4.78 is 1.70. The van der Waals surface area contributed by atoms with Crippen molar-refractivity contribution in [2.24, 2.45) is 5.10 Å². The molecule has 2 heterocycles. The topological polar surface area (TPSA) is 89.3 Å². The van der Waals surface area contributed by atoms with Gasteiger partial charge in [0.15, 0.2) is 5.82 Å². The Kier molecular flexibility index (Phi) is 3.27. The number of hydrogen-bond acceptors (Lipinski definition) is 6. The van der Waals surface area contributed by atoms with E-state index in [0.29, 0.717) is 16.7 Å². The third-order valence-corrected chi connectivity index (χ3v) is 4.67. The fourth-order valence-electron chi connectivity index (χ4n) is 2.40. The molecule has 7 heteroatoms. The summed E-state index contributed by atoms with van der Waals surface area (Å²) in [5.41, 5.74) is 8.12. The van der Waals surface area contributed by atoms with Crippen molar-refractivity contribution in [3.8, 4) is 17.1 Å². The van der Waals surface area contributed by atoms with Crippen LogP contribution in [0, 0.1) is 0 Å². The molecule has 0 saturated carbocycles. The molecule has 114 valence electrons. The lowest BCUT2D eigenvalue weighted by Crippen LogP contribution is -2.07. The van der Waals surface area contributed by atoms with Gasteiger partial charge in [0.1, 0.15) is 5.75 Å². The number of nitrogens with two attached hydrogens (primary N) is 1. The Hall–Kier alpha value is -2.80. The molecule has 0 radical (unpaired) electrons. The predicted octanol–water partition coefficient (Wildman–Crippen LogP) is 2.91. The van der Waals surface area contributed by atoms with Crippen LogP contribution in [0.1, 0.15) is 10.8 Å². The highest BCUT2D eigenvalue weighted by Crippen LogP contribution is 2.40. The van der Waals surface area contributed by atoms with E-state index in [1.54, 1.807) is 23.0 Å². The van der Waals surface area contributed by atoms with Gasteiger partial charge in [-0.1, -0.05) is 30.0 Å². The van der Waals surface area contributed by atoms with E-state index in [-0.39, 0.29) is 11.0 Å². The Morgan fingerprint density at radius 1 is 1.04 bits per heavy atom. The molecule has 6 nitrogen and oxygen atoms in total. The van der Waals surface area contributed by atoms with Gasteiger partial charge >= 0.3 is 0 Å². The molecule has 1 unspecified atom stereocenters. The Labute approximate surface area is 136 Å². The number of nitrogens with zero attached hydrogens (tertiary/aromatic N) is 4. The van der Waals surface area contributed by atoms with Gasteiger partial charge in [0.2, 0.25) is 5.16 Å². The minimum absolute atomic E-state index is 0.0906. The summed E-state index contributed by atoms with van der Waals surface area (Å²) in [7, 11) is 0. The lowest BCUT2D eigenvalue weighted by molar-refractivity contribution is 0.470. The molecule has 0 fully saturated rings. The molecule has 1 aliphatic heterocycles. The second-order valence-electron chi connectivity index (χ2n) is 5.10. The van der Waals surface area contributed by atoms with Gasteiger partial charge in [0.25, 0.3) is 0 Å². The SMILES string of the molecule is Nc1ccc(-c2nnc3n2N=CC(c2ccccc2O)S3)cc1. The lowest BCUT2D eigenvalue weighted by Gasteiger charge is -2.17. The first-order valence-corrected chi connectivity index (χ1v) is 7.91. The number of fused-ring (bicyclic) bond motifs is 1. The largest absolute Gasteiger partial charge is 0.508 e. The first kappa shape index (κ1) is 13.8. The number of phenolic OH excluding ortho intramolecular Hbond substituents is 1. The molecular formula is C16H13N5OS. The van der Waals surface area contributed by atoms with Crippen LogP contribution >= 0.6 is 11.8 Å². The fraction of sp³-hybridized carbons (Fsp3) is 0.0625. The number of aromatic nitrogens is 3. The van der Waals surface area contributed by atoms with E-state index in [2.05, 4.69) is 15.3 Å². The number of nitrogen functional groups attached to an aromatic ring is 1. The van der Waals surface area contributed by atoms with Crippen LogP contribution in [-0.2, 0) is 0 Å². The number of thioether (sulfide) groups is 1. The summed E-state index contributed by atoms with van der Waals surface area (Å²) in [5, 5.41) is 23.5. The minimum Gasteiger partial charge on any atom is -0.508 e. The number of para-hydroxylation sites is 1. The first-order chi connectivity index (χ1) is 11.2. The van der Waals surface area contributed by atoms with Crippen LogP contribution in [0.4, 0.5) is 5.69 Å². The third-order valence-electron chi connectivity index (χ3n) is 3.57. The summed E-state index contributed by atoms with van der Waals surface area (Å²) in [5.74, 6) is 0.919. The zero-order valence-electron chi connectivity index (χ0n) is 12.0. The van der Waals surface area contributed by atoms with Crippen LogP contribution in [-0.4, -0.2) is 26.2 Å². The molecule has 1 atom stereocenters. The van der Waals surface area contributed by atoms with E-state index >= 15 is 0 Å². The van der Waals surface area contributed by atoms with Gasteiger partial charge < -0.3 is 10.8 Å². The molecule has 0 bridgehead atoms. The molecule has 1 aliphatic rings. The molecule has 0 saturated heterocycles. The molecule has 3 N–H and O–H groups in total. The van der Waals surface area contributed by atoms with E-state index in [1.165, 1.54) is 11.8 Å². The summed E-state index contributed by atoms with van der Waals surface area (Å²) in [6.45, 7) is 0. The fourth-order valence-corrected chi connectivity index (χ4v) is 3.39. The zero-order chi connectivity index (χ0) is 15.8. The summed E-state index contributed by atoms with van der Waals surface area (Å²) >= 11 is 1.50. The number of aromatic hydroxyl groups is 1. The van der Waals surface area contributed by atoms with Gasteiger partial charge in [-0.15, -0.1) is 10.2 Å². The standard InChI is InChI=1S/C16H13N5OS/c17-11-7-5-10(6-8-11)15-19-20-16-21(15)18-9-14(23-16)12-3-1-2-4-13(12)22/h1-9,14,22H,17H2. The average molecular weight is 323 g/mol. The maximum absolute atomic E-state index is 9.99.